The molecule has 4 rings (SSSR count). The first-order valence-electron chi connectivity index (χ1n) is 10.0. The van der Waals surface area contributed by atoms with Gasteiger partial charge >= 0.3 is 6.18 Å². The molecule has 2 heterocycles. The summed E-state index contributed by atoms with van der Waals surface area (Å²) in [4.78, 5) is 19.5. The number of fused-ring (bicyclic) bond motifs is 1. The van der Waals surface area contributed by atoms with E-state index in [1.54, 1.807) is 19.1 Å². The summed E-state index contributed by atoms with van der Waals surface area (Å²) in [6, 6.07) is 9.31. The molecular formula is C23H21F4N3O. The van der Waals surface area contributed by atoms with E-state index in [2.05, 4.69) is 10.3 Å². The molecule has 31 heavy (non-hydrogen) atoms. The van der Waals surface area contributed by atoms with Crippen LogP contribution in [0.5, 0.6) is 0 Å². The predicted molar refractivity (Wildman–Crippen MR) is 110 cm³/mol. The molecule has 0 radical (unpaired) electrons. The van der Waals surface area contributed by atoms with E-state index < -0.39 is 23.5 Å². The Morgan fingerprint density at radius 1 is 1.13 bits per heavy atom. The second-order valence-electron chi connectivity index (χ2n) is 7.67. The lowest BCUT2D eigenvalue weighted by Crippen LogP contribution is -2.29. The lowest BCUT2D eigenvalue weighted by molar-refractivity contribution is -0.137. The highest BCUT2D eigenvalue weighted by Crippen LogP contribution is 2.35. The van der Waals surface area contributed by atoms with Crippen LogP contribution in [0.3, 0.4) is 0 Å². The zero-order valence-corrected chi connectivity index (χ0v) is 16.9. The number of carbonyl (C=O) groups excluding carboxylic acids is 1. The smallest absolute Gasteiger partial charge is 0.356 e. The van der Waals surface area contributed by atoms with Crippen LogP contribution in [-0.4, -0.2) is 24.0 Å². The van der Waals surface area contributed by atoms with E-state index in [4.69, 9.17) is 0 Å². The number of alkyl halides is 3. The lowest BCUT2D eigenvalue weighted by Gasteiger charge is -2.23. The Balaban J connectivity index is 1.75. The molecule has 0 aliphatic carbocycles. The van der Waals surface area contributed by atoms with Crippen molar-refractivity contribution in [1.29, 1.82) is 0 Å². The summed E-state index contributed by atoms with van der Waals surface area (Å²) in [5.41, 5.74) is 0.943. The third-order valence-electron chi connectivity index (χ3n) is 5.53. The fraction of sp³-hybridized carbons (Fsp3) is 0.304. The quantitative estimate of drug-likeness (QED) is 0.576. The molecule has 1 N–H and O–H groups in total. The van der Waals surface area contributed by atoms with E-state index in [0.29, 0.717) is 41.0 Å². The lowest BCUT2D eigenvalue weighted by atomic mass is 10.0. The number of carbonyl (C=O) groups is 1. The number of benzene rings is 2. The van der Waals surface area contributed by atoms with Crippen LogP contribution in [0.25, 0.3) is 10.9 Å². The van der Waals surface area contributed by atoms with Crippen LogP contribution in [-0.2, 0) is 12.7 Å². The van der Waals surface area contributed by atoms with Gasteiger partial charge in [-0.05, 0) is 55.2 Å². The van der Waals surface area contributed by atoms with Crippen LogP contribution in [0.15, 0.2) is 42.5 Å². The van der Waals surface area contributed by atoms with Crippen LogP contribution in [0, 0.1) is 12.7 Å². The zero-order chi connectivity index (χ0) is 22.2. The van der Waals surface area contributed by atoms with E-state index in [0.717, 1.165) is 25.0 Å². The van der Waals surface area contributed by atoms with Gasteiger partial charge in [0.1, 0.15) is 11.6 Å². The fourth-order valence-electron chi connectivity index (χ4n) is 3.94. The minimum Gasteiger partial charge on any atom is -0.356 e. The van der Waals surface area contributed by atoms with Gasteiger partial charge in [0.25, 0.3) is 5.91 Å². The first kappa shape index (κ1) is 21.1. The number of amides is 1. The number of anilines is 1. The summed E-state index contributed by atoms with van der Waals surface area (Å²) in [5.74, 6) is -0.398. The maximum Gasteiger partial charge on any atom is 0.416 e. The van der Waals surface area contributed by atoms with Crippen molar-refractivity contribution in [3.05, 3.63) is 70.5 Å². The molecule has 0 spiro atoms. The molecule has 2 aromatic carbocycles. The summed E-state index contributed by atoms with van der Waals surface area (Å²) >= 11 is 0. The molecule has 162 valence electrons. The van der Waals surface area contributed by atoms with Gasteiger partial charge in [-0.25, -0.2) is 9.37 Å². The van der Waals surface area contributed by atoms with Crippen molar-refractivity contribution in [2.75, 3.05) is 18.0 Å². The molecule has 0 bridgehead atoms. The second kappa shape index (κ2) is 8.17. The summed E-state index contributed by atoms with van der Waals surface area (Å²) in [7, 11) is 0. The standard InChI is InChI=1S/C23H21F4N3O/c1-14-18-8-7-16(23(25,26)27)12-19(18)29-21(30-9-2-3-10-30)20(14)22(31)28-13-15-5-4-6-17(24)11-15/h4-8,11-12H,2-3,9-10,13H2,1H3,(H,28,31). The number of aryl methyl sites for hydroxylation is 1. The van der Waals surface area contributed by atoms with Crippen LogP contribution in [0.4, 0.5) is 23.4 Å². The number of aromatic nitrogens is 1. The van der Waals surface area contributed by atoms with Gasteiger partial charge < -0.3 is 10.2 Å². The molecule has 0 saturated carbocycles. The molecule has 0 unspecified atom stereocenters. The number of nitrogens with one attached hydrogen (secondary N) is 1. The van der Waals surface area contributed by atoms with Crippen molar-refractivity contribution >= 4 is 22.6 Å². The molecule has 1 aliphatic heterocycles. The van der Waals surface area contributed by atoms with Gasteiger partial charge in [0, 0.05) is 25.0 Å². The highest BCUT2D eigenvalue weighted by atomic mass is 19.4. The van der Waals surface area contributed by atoms with E-state index in [-0.39, 0.29) is 12.1 Å². The average molecular weight is 431 g/mol. The Bertz CT molecular complexity index is 1140. The number of halogens is 4. The minimum absolute atomic E-state index is 0.126. The van der Waals surface area contributed by atoms with Gasteiger partial charge in [0.2, 0.25) is 0 Å². The SMILES string of the molecule is Cc1c(C(=O)NCc2cccc(F)c2)c(N2CCCC2)nc2cc(C(F)(F)F)ccc12. The van der Waals surface area contributed by atoms with Gasteiger partial charge in [-0.3, -0.25) is 4.79 Å². The van der Waals surface area contributed by atoms with Gasteiger partial charge in [-0.1, -0.05) is 18.2 Å². The summed E-state index contributed by atoms with van der Waals surface area (Å²) in [6.45, 7) is 3.20. The summed E-state index contributed by atoms with van der Waals surface area (Å²) in [5, 5.41) is 3.29. The number of pyridine rings is 1. The van der Waals surface area contributed by atoms with Crippen LogP contribution >= 0.6 is 0 Å². The third-order valence-corrected chi connectivity index (χ3v) is 5.53. The molecule has 1 aromatic heterocycles. The highest BCUT2D eigenvalue weighted by molar-refractivity contribution is 6.05. The number of hydrogen-bond donors (Lipinski definition) is 1. The van der Waals surface area contributed by atoms with Crippen LogP contribution in [0.2, 0.25) is 0 Å². The van der Waals surface area contributed by atoms with Crippen molar-refractivity contribution in [3.63, 3.8) is 0 Å². The molecule has 0 atom stereocenters. The van der Waals surface area contributed by atoms with E-state index >= 15 is 0 Å². The first-order chi connectivity index (χ1) is 14.7. The Hall–Kier alpha value is -3.16. The molecule has 4 nitrogen and oxygen atoms in total. The van der Waals surface area contributed by atoms with Gasteiger partial charge in [-0.15, -0.1) is 0 Å². The van der Waals surface area contributed by atoms with Gasteiger partial charge in [-0.2, -0.15) is 13.2 Å². The highest BCUT2D eigenvalue weighted by Gasteiger charge is 2.31. The monoisotopic (exact) mass is 431 g/mol. The third kappa shape index (κ3) is 4.33. The average Bonchev–Trinajstić information content (AvgIpc) is 3.26. The van der Waals surface area contributed by atoms with Crippen molar-refractivity contribution in [2.45, 2.75) is 32.5 Å². The minimum atomic E-state index is -4.47. The molecule has 1 aliphatic rings. The Kier molecular flexibility index (Phi) is 5.56. The normalized spacial score (nSPS) is 14.3. The maximum atomic E-state index is 13.4. The van der Waals surface area contributed by atoms with E-state index in [9.17, 15) is 22.4 Å². The Morgan fingerprint density at radius 3 is 2.55 bits per heavy atom. The molecular weight excluding hydrogens is 410 g/mol. The van der Waals surface area contributed by atoms with Crippen LogP contribution < -0.4 is 10.2 Å². The van der Waals surface area contributed by atoms with Crippen LogP contribution in [0.1, 0.15) is 39.9 Å². The van der Waals surface area contributed by atoms with Crippen molar-refractivity contribution in [3.8, 4) is 0 Å². The molecule has 3 aromatic rings. The topological polar surface area (TPSA) is 45.2 Å². The van der Waals surface area contributed by atoms with Crippen molar-refractivity contribution in [2.24, 2.45) is 0 Å². The Morgan fingerprint density at radius 2 is 1.87 bits per heavy atom. The van der Waals surface area contributed by atoms with E-state index in [1.807, 2.05) is 4.90 Å². The number of hydrogen-bond acceptors (Lipinski definition) is 3. The first-order valence-corrected chi connectivity index (χ1v) is 10.0. The van der Waals surface area contributed by atoms with Crippen molar-refractivity contribution < 1.29 is 22.4 Å². The Labute approximate surface area is 176 Å². The number of nitrogens with zero attached hydrogens (tertiary/aromatic N) is 2. The van der Waals surface area contributed by atoms with Crippen molar-refractivity contribution in [1.82, 2.24) is 10.3 Å². The van der Waals surface area contributed by atoms with E-state index in [1.165, 1.54) is 18.2 Å². The summed E-state index contributed by atoms with van der Waals surface area (Å²) < 4.78 is 53.0. The summed E-state index contributed by atoms with van der Waals surface area (Å²) in [6.07, 6.45) is -2.63. The zero-order valence-electron chi connectivity index (χ0n) is 16.9. The predicted octanol–water partition coefficient (Wildman–Crippen LogP) is 5.23. The molecule has 1 fully saturated rings. The van der Waals surface area contributed by atoms with Gasteiger partial charge in [0.15, 0.2) is 0 Å². The second-order valence-corrected chi connectivity index (χ2v) is 7.67. The molecule has 1 amide bonds. The molecule has 8 heteroatoms. The van der Waals surface area contributed by atoms with Gasteiger partial charge in [0.05, 0.1) is 16.6 Å². The largest absolute Gasteiger partial charge is 0.416 e. The molecule has 1 saturated heterocycles. The fourth-order valence-corrected chi connectivity index (χ4v) is 3.94. The number of rotatable bonds is 4. The maximum absolute atomic E-state index is 13.4.